The summed E-state index contributed by atoms with van der Waals surface area (Å²) >= 11 is 1.54. The van der Waals surface area contributed by atoms with Crippen LogP contribution >= 0.6 is 11.3 Å². The second-order valence-electron chi connectivity index (χ2n) is 5.36. The van der Waals surface area contributed by atoms with Crippen LogP contribution in [0.15, 0.2) is 11.6 Å². The topological polar surface area (TPSA) is 91.3 Å². The molecule has 7 heteroatoms. The zero-order valence-corrected chi connectivity index (χ0v) is 12.7. The molecular weight excluding hydrogens is 290 g/mol. The fourth-order valence-electron chi connectivity index (χ4n) is 2.65. The summed E-state index contributed by atoms with van der Waals surface area (Å²) < 4.78 is 0. The van der Waals surface area contributed by atoms with E-state index in [1.165, 1.54) is 0 Å². The van der Waals surface area contributed by atoms with Crippen LogP contribution in [-0.4, -0.2) is 34.2 Å². The van der Waals surface area contributed by atoms with E-state index in [0.29, 0.717) is 25.8 Å². The van der Waals surface area contributed by atoms with E-state index >= 15 is 0 Å². The van der Waals surface area contributed by atoms with Gasteiger partial charge in [-0.3, -0.25) is 0 Å². The molecule has 1 aromatic rings. The highest BCUT2D eigenvalue weighted by molar-refractivity contribution is 7.09. The first-order chi connectivity index (χ1) is 10.1. The van der Waals surface area contributed by atoms with Gasteiger partial charge in [-0.1, -0.05) is 25.7 Å². The smallest absolute Gasteiger partial charge is 0.329 e. The summed E-state index contributed by atoms with van der Waals surface area (Å²) in [5.74, 6) is -0.931. The average Bonchev–Trinajstić information content (AvgIpc) is 2.84. The van der Waals surface area contributed by atoms with E-state index in [1.54, 1.807) is 17.5 Å². The Kier molecular flexibility index (Phi) is 5.55. The van der Waals surface area contributed by atoms with Crippen molar-refractivity contribution in [3.05, 3.63) is 16.6 Å². The molecule has 1 heterocycles. The van der Waals surface area contributed by atoms with Gasteiger partial charge >= 0.3 is 12.0 Å². The van der Waals surface area contributed by atoms with Gasteiger partial charge in [-0.05, 0) is 12.8 Å². The Hall–Kier alpha value is -1.63. The third kappa shape index (κ3) is 4.42. The number of urea groups is 1. The normalized spacial score (nSPS) is 17.7. The SMILES string of the molecule is O=C(NCCc1nccs1)NC1(C(=O)O)CCCCCC1. The maximum absolute atomic E-state index is 12.0. The summed E-state index contributed by atoms with van der Waals surface area (Å²) in [4.78, 5) is 27.7. The van der Waals surface area contributed by atoms with Crippen LogP contribution in [0.1, 0.15) is 43.5 Å². The first-order valence-corrected chi connectivity index (χ1v) is 8.18. The number of thiazole rings is 1. The monoisotopic (exact) mass is 311 g/mol. The van der Waals surface area contributed by atoms with Crippen molar-refractivity contribution < 1.29 is 14.7 Å². The molecule has 0 aromatic carbocycles. The number of nitrogens with one attached hydrogen (secondary N) is 2. The molecule has 0 atom stereocenters. The van der Waals surface area contributed by atoms with Crippen molar-refractivity contribution in [2.24, 2.45) is 0 Å². The van der Waals surface area contributed by atoms with Crippen LogP contribution in [0.3, 0.4) is 0 Å². The number of carboxylic acid groups (broad SMARTS) is 1. The molecule has 1 aliphatic rings. The van der Waals surface area contributed by atoms with E-state index in [1.807, 2.05) is 5.38 Å². The lowest BCUT2D eigenvalue weighted by Gasteiger charge is -2.29. The number of carbonyl (C=O) groups excluding carboxylic acids is 1. The molecule has 0 saturated heterocycles. The summed E-state index contributed by atoms with van der Waals surface area (Å²) in [7, 11) is 0. The highest BCUT2D eigenvalue weighted by Crippen LogP contribution is 2.27. The minimum Gasteiger partial charge on any atom is -0.480 e. The van der Waals surface area contributed by atoms with E-state index in [2.05, 4.69) is 15.6 Å². The van der Waals surface area contributed by atoms with Gasteiger partial charge in [0, 0.05) is 24.5 Å². The number of carboxylic acids is 1. The van der Waals surface area contributed by atoms with Crippen LogP contribution < -0.4 is 10.6 Å². The van der Waals surface area contributed by atoms with Crippen molar-refractivity contribution >= 4 is 23.3 Å². The Bertz CT molecular complexity index is 468. The predicted molar refractivity (Wildman–Crippen MR) is 80.4 cm³/mol. The average molecular weight is 311 g/mol. The molecule has 0 aliphatic heterocycles. The van der Waals surface area contributed by atoms with Crippen molar-refractivity contribution in [2.75, 3.05) is 6.54 Å². The van der Waals surface area contributed by atoms with Gasteiger partial charge in [0.15, 0.2) is 0 Å². The quantitative estimate of drug-likeness (QED) is 0.727. The number of amides is 2. The summed E-state index contributed by atoms with van der Waals surface area (Å²) in [6.07, 6.45) is 7.13. The Balaban J connectivity index is 1.84. The maximum atomic E-state index is 12.0. The fraction of sp³-hybridized carbons (Fsp3) is 0.643. The molecular formula is C14H21N3O3S. The van der Waals surface area contributed by atoms with Gasteiger partial charge in [0.1, 0.15) is 5.54 Å². The highest BCUT2D eigenvalue weighted by atomic mass is 32.1. The molecule has 1 aromatic heterocycles. The van der Waals surface area contributed by atoms with Gasteiger partial charge in [0.25, 0.3) is 0 Å². The summed E-state index contributed by atoms with van der Waals surface area (Å²) in [5, 5.41) is 17.7. The zero-order chi connectivity index (χ0) is 15.1. The van der Waals surface area contributed by atoms with Gasteiger partial charge in [-0.2, -0.15) is 0 Å². The minimum atomic E-state index is -1.11. The van der Waals surface area contributed by atoms with Gasteiger partial charge in [0.05, 0.1) is 5.01 Å². The third-order valence-corrected chi connectivity index (χ3v) is 4.67. The minimum absolute atomic E-state index is 0.407. The van der Waals surface area contributed by atoms with Crippen molar-refractivity contribution in [3.63, 3.8) is 0 Å². The van der Waals surface area contributed by atoms with Gasteiger partial charge in [-0.15, -0.1) is 11.3 Å². The molecule has 3 N–H and O–H groups in total. The predicted octanol–water partition coefficient (Wildman–Crippen LogP) is 2.16. The number of aliphatic carboxylic acids is 1. The standard InChI is InChI=1S/C14H21N3O3S/c18-12(19)14(6-3-1-2-4-7-14)17-13(20)16-8-5-11-15-9-10-21-11/h9-10H,1-8H2,(H,18,19)(H2,16,17,20). The number of rotatable bonds is 5. The molecule has 2 amide bonds. The number of hydrogen-bond donors (Lipinski definition) is 3. The fourth-order valence-corrected chi connectivity index (χ4v) is 3.27. The van der Waals surface area contributed by atoms with E-state index in [-0.39, 0.29) is 0 Å². The van der Waals surface area contributed by atoms with E-state index in [9.17, 15) is 14.7 Å². The zero-order valence-electron chi connectivity index (χ0n) is 11.9. The highest BCUT2D eigenvalue weighted by Gasteiger charge is 2.39. The number of hydrogen-bond acceptors (Lipinski definition) is 4. The lowest BCUT2D eigenvalue weighted by molar-refractivity contribution is -0.145. The largest absolute Gasteiger partial charge is 0.480 e. The lowest BCUT2D eigenvalue weighted by atomic mass is 9.90. The van der Waals surface area contributed by atoms with E-state index in [4.69, 9.17) is 0 Å². The maximum Gasteiger partial charge on any atom is 0.329 e. The molecule has 0 unspecified atom stereocenters. The lowest BCUT2D eigenvalue weighted by Crippen LogP contribution is -2.57. The molecule has 0 radical (unpaired) electrons. The number of aromatic nitrogens is 1. The molecule has 1 fully saturated rings. The van der Waals surface area contributed by atoms with Crippen molar-refractivity contribution in [2.45, 2.75) is 50.5 Å². The molecule has 1 aliphatic carbocycles. The van der Waals surface area contributed by atoms with Gasteiger partial charge in [-0.25, -0.2) is 14.6 Å². The van der Waals surface area contributed by atoms with Gasteiger partial charge < -0.3 is 15.7 Å². The summed E-state index contributed by atoms with van der Waals surface area (Å²) in [6, 6.07) is -0.407. The Morgan fingerprint density at radius 3 is 2.57 bits per heavy atom. The first kappa shape index (κ1) is 15.8. The van der Waals surface area contributed by atoms with Crippen LogP contribution in [-0.2, 0) is 11.2 Å². The molecule has 116 valence electrons. The second-order valence-corrected chi connectivity index (χ2v) is 6.34. The summed E-state index contributed by atoms with van der Waals surface area (Å²) in [5.41, 5.74) is -1.11. The molecule has 21 heavy (non-hydrogen) atoms. The molecule has 0 spiro atoms. The van der Waals surface area contributed by atoms with Crippen LogP contribution in [0.2, 0.25) is 0 Å². The molecule has 1 saturated carbocycles. The Labute approximate surface area is 128 Å². The van der Waals surface area contributed by atoms with Crippen LogP contribution in [0, 0.1) is 0 Å². The van der Waals surface area contributed by atoms with Crippen molar-refractivity contribution in [1.82, 2.24) is 15.6 Å². The summed E-state index contributed by atoms with van der Waals surface area (Å²) in [6.45, 7) is 0.453. The van der Waals surface area contributed by atoms with Crippen LogP contribution in [0.25, 0.3) is 0 Å². The second kappa shape index (κ2) is 7.40. The third-order valence-electron chi connectivity index (χ3n) is 3.83. The van der Waals surface area contributed by atoms with E-state index in [0.717, 1.165) is 30.7 Å². The number of nitrogens with zero attached hydrogens (tertiary/aromatic N) is 1. The van der Waals surface area contributed by atoms with Crippen molar-refractivity contribution in [3.8, 4) is 0 Å². The van der Waals surface area contributed by atoms with Crippen molar-refractivity contribution in [1.29, 1.82) is 0 Å². The van der Waals surface area contributed by atoms with Gasteiger partial charge in [0.2, 0.25) is 0 Å². The van der Waals surface area contributed by atoms with Crippen LogP contribution in [0.4, 0.5) is 4.79 Å². The molecule has 0 bridgehead atoms. The first-order valence-electron chi connectivity index (χ1n) is 7.30. The molecule has 2 rings (SSSR count). The number of carbonyl (C=O) groups is 2. The Morgan fingerprint density at radius 2 is 2.00 bits per heavy atom. The van der Waals surface area contributed by atoms with Crippen LogP contribution in [0.5, 0.6) is 0 Å². The molecule has 6 nitrogen and oxygen atoms in total. The Morgan fingerprint density at radius 1 is 1.29 bits per heavy atom. The van der Waals surface area contributed by atoms with E-state index < -0.39 is 17.5 Å².